The minimum atomic E-state index is -0.702. The zero-order chi connectivity index (χ0) is 16.5. The fraction of sp³-hybridized carbons (Fsp3) is 0.842. The van der Waals surface area contributed by atoms with Crippen LogP contribution in [0.15, 0.2) is 12.2 Å². The number of carboxylic acid groups (broad SMARTS) is 1. The van der Waals surface area contributed by atoms with Crippen LogP contribution in [0, 0.1) is 5.92 Å². The molecule has 4 atom stereocenters. The topological polar surface area (TPSA) is 58.6 Å². The molecule has 23 heavy (non-hydrogen) atoms. The molecule has 0 saturated carbocycles. The van der Waals surface area contributed by atoms with Crippen molar-refractivity contribution in [3.8, 4) is 0 Å². The first-order chi connectivity index (χ1) is 11.2. The van der Waals surface area contributed by atoms with E-state index in [-0.39, 0.29) is 6.42 Å². The van der Waals surface area contributed by atoms with Gasteiger partial charge < -0.3 is 15.2 Å². The summed E-state index contributed by atoms with van der Waals surface area (Å²) in [5, 5.41) is 12.4. The Bertz CT molecular complexity index is 383. The molecule has 4 heteroatoms. The molecule has 0 amide bonds. The summed E-state index contributed by atoms with van der Waals surface area (Å²) < 4.78 is 6.11. The fourth-order valence-corrected chi connectivity index (χ4v) is 3.92. The van der Waals surface area contributed by atoms with Gasteiger partial charge in [0.25, 0.3) is 0 Å². The Kier molecular flexibility index (Phi) is 8.10. The van der Waals surface area contributed by atoms with Crippen LogP contribution in [0.1, 0.15) is 71.1 Å². The van der Waals surface area contributed by atoms with E-state index < -0.39 is 5.97 Å². The van der Waals surface area contributed by atoms with Gasteiger partial charge in [0.1, 0.15) is 0 Å². The summed E-state index contributed by atoms with van der Waals surface area (Å²) in [6, 6.07) is 0.513. The molecule has 2 fully saturated rings. The third kappa shape index (κ3) is 5.92. The second-order valence-corrected chi connectivity index (χ2v) is 6.99. The maximum absolute atomic E-state index is 10.5. The number of hydrogen-bond donors (Lipinski definition) is 2. The third-order valence-electron chi connectivity index (χ3n) is 5.17. The SMILES string of the molecule is CCCCCCN[C@H]1[C@@H](C/C=C\CCCC(=O)O)[C@H]2CC[C@@H]1O2. The zero-order valence-corrected chi connectivity index (χ0v) is 14.5. The lowest BCUT2D eigenvalue weighted by molar-refractivity contribution is -0.137. The second kappa shape index (κ2) is 10.1. The van der Waals surface area contributed by atoms with Gasteiger partial charge in [-0.2, -0.15) is 0 Å². The molecule has 2 heterocycles. The van der Waals surface area contributed by atoms with E-state index >= 15 is 0 Å². The number of allylic oxidation sites excluding steroid dienone is 2. The van der Waals surface area contributed by atoms with Crippen molar-refractivity contribution in [2.45, 2.75) is 89.4 Å². The normalized spacial score (nSPS) is 29.6. The summed E-state index contributed by atoms with van der Waals surface area (Å²) in [5.41, 5.74) is 0. The van der Waals surface area contributed by atoms with Crippen molar-refractivity contribution in [1.29, 1.82) is 0 Å². The number of rotatable bonds is 12. The van der Waals surface area contributed by atoms with E-state index in [1.54, 1.807) is 0 Å². The molecular weight excluding hydrogens is 290 g/mol. The number of hydrogen-bond acceptors (Lipinski definition) is 3. The predicted octanol–water partition coefficient (Wildman–Crippen LogP) is 3.90. The standard InChI is InChI=1S/C19H33NO3/c1-2-3-4-9-14-20-19-15(16-12-13-17(19)23-16)10-7-5-6-8-11-18(21)22/h5,7,15-17,19-20H,2-4,6,8-14H2,1H3,(H,21,22)/b7-5-/t15-,16+,17-,19-/m0/s1. The van der Waals surface area contributed by atoms with Crippen molar-refractivity contribution >= 4 is 5.97 Å². The van der Waals surface area contributed by atoms with Crippen LogP contribution in [0.5, 0.6) is 0 Å². The van der Waals surface area contributed by atoms with Gasteiger partial charge in [0.05, 0.1) is 12.2 Å². The van der Waals surface area contributed by atoms with Crippen LogP contribution in [0.25, 0.3) is 0 Å². The zero-order valence-electron chi connectivity index (χ0n) is 14.5. The average molecular weight is 323 g/mol. The molecule has 2 rings (SSSR count). The third-order valence-corrected chi connectivity index (χ3v) is 5.17. The van der Waals surface area contributed by atoms with Gasteiger partial charge in [0.15, 0.2) is 0 Å². The fourth-order valence-electron chi connectivity index (χ4n) is 3.92. The van der Waals surface area contributed by atoms with E-state index in [2.05, 4.69) is 24.4 Å². The summed E-state index contributed by atoms with van der Waals surface area (Å²) in [5.74, 6) is -0.108. The van der Waals surface area contributed by atoms with Crippen molar-refractivity contribution in [3.05, 3.63) is 12.2 Å². The molecule has 0 radical (unpaired) electrons. The number of nitrogens with one attached hydrogen (secondary N) is 1. The molecule has 2 N–H and O–H groups in total. The predicted molar refractivity (Wildman–Crippen MR) is 92.6 cm³/mol. The van der Waals surface area contributed by atoms with E-state index in [4.69, 9.17) is 9.84 Å². The Morgan fingerprint density at radius 1 is 1.17 bits per heavy atom. The van der Waals surface area contributed by atoms with Crippen molar-refractivity contribution < 1.29 is 14.6 Å². The monoisotopic (exact) mass is 323 g/mol. The van der Waals surface area contributed by atoms with Gasteiger partial charge in [-0.1, -0.05) is 38.3 Å². The molecule has 0 aromatic carbocycles. The number of fused-ring (bicyclic) bond motifs is 2. The molecule has 132 valence electrons. The molecule has 2 aliphatic heterocycles. The van der Waals surface area contributed by atoms with Crippen LogP contribution in [-0.4, -0.2) is 35.9 Å². The molecule has 0 aromatic rings. The van der Waals surface area contributed by atoms with Crippen molar-refractivity contribution in [2.24, 2.45) is 5.92 Å². The first-order valence-electron chi connectivity index (χ1n) is 9.48. The Morgan fingerprint density at radius 3 is 2.78 bits per heavy atom. The van der Waals surface area contributed by atoms with Crippen LogP contribution in [0.2, 0.25) is 0 Å². The van der Waals surface area contributed by atoms with E-state index in [9.17, 15) is 4.79 Å². The molecule has 0 aliphatic carbocycles. The van der Waals surface area contributed by atoms with Crippen molar-refractivity contribution in [2.75, 3.05) is 6.54 Å². The number of carbonyl (C=O) groups is 1. The highest BCUT2D eigenvalue weighted by Gasteiger charge is 2.47. The Balaban J connectivity index is 1.68. The quantitative estimate of drug-likeness (QED) is 0.422. The Morgan fingerprint density at radius 2 is 2.00 bits per heavy atom. The van der Waals surface area contributed by atoms with Gasteiger partial charge in [-0.3, -0.25) is 4.79 Å². The highest BCUT2D eigenvalue weighted by molar-refractivity contribution is 5.66. The summed E-state index contributed by atoms with van der Waals surface area (Å²) in [6.07, 6.45) is 15.8. The lowest BCUT2D eigenvalue weighted by Crippen LogP contribution is -2.44. The van der Waals surface area contributed by atoms with Gasteiger partial charge in [0, 0.05) is 18.4 Å². The average Bonchev–Trinajstić information content (AvgIpc) is 3.12. The molecule has 2 bridgehead atoms. The van der Waals surface area contributed by atoms with Crippen LogP contribution in [0.3, 0.4) is 0 Å². The lowest BCUT2D eigenvalue weighted by Gasteiger charge is -2.28. The van der Waals surface area contributed by atoms with Gasteiger partial charge in [0.2, 0.25) is 0 Å². The molecular formula is C19H33NO3. The van der Waals surface area contributed by atoms with Crippen LogP contribution in [0.4, 0.5) is 0 Å². The summed E-state index contributed by atoms with van der Waals surface area (Å²) in [4.78, 5) is 10.5. The van der Waals surface area contributed by atoms with Gasteiger partial charge in [-0.15, -0.1) is 0 Å². The van der Waals surface area contributed by atoms with Crippen molar-refractivity contribution in [3.63, 3.8) is 0 Å². The smallest absolute Gasteiger partial charge is 0.303 e. The molecule has 0 unspecified atom stereocenters. The Labute approximate surface area is 140 Å². The number of unbranched alkanes of at least 4 members (excludes halogenated alkanes) is 4. The van der Waals surface area contributed by atoms with Gasteiger partial charge in [-0.25, -0.2) is 0 Å². The lowest BCUT2D eigenvalue weighted by atomic mass is 9.82. The van der Waals surface area contributed by atoms with Crippen molar-refractivity contribution in [1.82, 2.24) is 5.32 Å². The maximum Gasteiger partial charge on any atom is 0.303 e. The minimum Gasteiger partial charge on any atom is -0.481 e. The van der Waals surface area contributed by atoms with Crippen LogP contribution < -0.4 is 5.32 Å². The van der Waals surface area contributed by atoms with Crippen LogP contribution >= 0.6 is 0 Å². The second-order valence-electron chi connectivity index (χ2n) is 6.99. The number of ether oxygens (including phenoxy) is 1. The molecule has 0 aromatic heterocycles. The summed E-state index contributed by atoms with van der Waals surface area (Å²) >= 11 is 0. The first-order valence-corrected chi connectivity index (χ1v) is 9.48. The van der Waals surface area contributed by atoms with E-state index in [0.29, 0.717) is 24.2 Å². The molecule has 2 aliphatic rings. The van der Waals surface area contributed by atoms with E-state index in [0.717, 1.165) is 25.8 Å². The summed E-state index contributed by atoms with van der Waals surface area (Å²) in [7, 11) is 0. The minimum absolute atomic E-state index is 0.267. The van der Waals surface area contributed by atoms with E-state index in [1.807, 2.05) is 0 Å². The highest BCUT2D eigenvalue weighted by Crippen LogP contribution is 2.41. The molecule has 4 nitrogen and oxygen atoms in total. The Hall–Kier alpha value is -0.870. The number of carboxylic acids is 1. The molecule has 2 saturated heterocycles. The van der Waals surface area contributed by atoms with Gasteiger partial charge in [-0.05, 0) is 45.1 Å². The van der Waals surface area contributed by atoms with Gasteiger partial charge >= 0.3 is 5.97 Å². The molecule has 0 spiro atoms. The first kappa shape index (κ1) is 18.5. The van der Waals surface area contributed by atoms with E-state index in [1.165, 1.54) is 38.5 Å². The number of aliphatic carboxylic acids is 1. The maximum atomic E-state index is 10.5. The largest absolute Gasteiger partial charge is 0.481 e. The highest BCUT2D eigenvalue weighted by atomic mass is 16.5. The summed E-state index contributed by atoms with van der Waals surface area (Å²) in [6.45, 7) is 3.35. The van der Waals surface area contributed by atoms with Crippen LogP contribution in [-0.2, 0) is 9.53 Å².